The Bertz CT molecular complexity index is 93.1. The van der Waals surface area contributed by atoms with E-state index in [1.807, 2.05) is 13.2 Å². The summed E-state index contributed by atoms with van der Waals surface area (Å²) in [7, 11) is 0. The van der Waals surface area contributed by atoms with Crippen LogP contribution in [0.4, 0.5) is 0 Å². The lowest BCUT2D eigenvalue weighted by atomic mass is 10.1. The Labute approximate surface area is 59.6 Å². The average molecular weight is 147 g/mol. The van der Waals surface area contributed by atoms with Crippen molar-refractivity contribution in [2.24, 2.45) is 5.92 Å². The van der Waals surface area contributed by atoms with Crippen LogP contribution in [0.15, 0.2) is 0 Å². The molecule has 0 rings (SSSR count). The van der Waals surface area contributed by atoms with Crippen molar-refractivity contribution in [3.05, 3.63) is 0 Å². The van der Waals surface area contributed by atoms with Crippen LogP contribution in [-0.4, -0.2) is 18.0 Å². The molecule has 1 unspecified atom stereocenters. The van der Waals surface area contributed by atoms with Gasteiger partial charge in [0.1, 0.15) is 0 Å². The van der Waals surface area contributed by atoms with Crippen molar-refractivity contribution in [1.82, 2.24) is 0 Å². The highest BCUT2D eigenvalue weighted by Crippen LogP contribution is 2.07. The van der Waals surface area contributed by atoms with E-state index < -0.39 is 5.97 Å². The molecule has 3 heteroatoms. The molecule has 0 aromatic heterocycles. The Hall–Kier alpha value is -0.180. The fraction of sp³-hybridized carbons (Fsp3) is 0.833. The molecular formula is C6H11O2S-. The number of aliphatic carboxylic acids is 1. The lowest BCUT2D eigenvalue weighted by molar-refractivity contribution is -0.310. The SMILES string of the molecule is CCC(CSC)C(=O)[O-]. The molecule has 0 bridgehead atoms. The van der Waals surface area contributed by atoms with Crippen LogP contribution in [0.25, 0.3) is 0 Å². The molecule has 0 radical (unpaired) electrons. The van der Waals surface area contributed by atoms with Crippen LogP contribution in [0.1, 0.15) is 13.3 Å². The molecule has 0 amide bonds. The number of carbonyl (C=O) groups excluding carboxylic acids is 1. The van der Waals surface area contributed by atoms with Gasteiger partial charge in [-0.3, -0.25) is 0 Å². The van der Waals surface area contributed by atoms with Gasteiger partial charge in [0.15, 0.2) is 0 Å². The van der Waals surface area contributed by atoms with E-state index in [0.29, 0.717) is 12.2 Å². The maximum atomic E-state index is 10.2. The van der Waals surface area contributed by atoms with E-state index >= 15 is 0 Å². The molecule has 0 aliphatic heterocycles. The van der Waals surface area contributed by atoms with Crippen molar-refractivity contribution in [3.63, 3.8) is 0 Å². The fourth-order valence-corrected chi connectivity index (χ4v) is 1.33. The third-order valence-electron chi connectivity index (χ3n) is 1.19. The smallest absolute Gasteiger partial charge is 0.0453 e. The minimum absolute atomic E-state index is 0.264. The van der Waals surface area contributed by atoms with Gasteiger partial charge in [-0.15, -0.1) is 0 Å². The highest BCUT2D eigenvalue weighted by molar-refractivity contribution is 7.98. The molecular weight excluding hydrogens is 136 g/mol. The van der Waals surface area contributed by atoms with Crippen molar-refractivity contribution in [2.75, 3.05) is 12.0 Å². The van der Waals surface area contributed by atoms with Gasteiger partial charge < -0.3 is 9.90 Å². The zero-order chi connectivity index (χ0) is 7.28. The van der Waals surface area contributed by atoms with Crippen LogP contribution < -0.4 is 5.11 Å². The first-order valence-corrected chi connectivity index (χ1v) is 4.31. The zero-order valence-electron chi connectivity index (χ0n) is 5.72. The third-order valence-corrected chi connectivity index (χ3v) is 1.93. The summed E-state index contributed by atoms with van der Waals surface area (Å²) in [4.78, 5) is 10.2. The molecule has 9 heavy (non-hydrogen) atoms. The molecule has 0 aromatic carbocycles. The lowest BCUT2D eigenvalue weighted by Crippen LogP contribution is -2.32. The van der Waals surface area contributed by atoms with E-state index in [9.17, 15) is 9.90 Å². The summed E-state index contributed by atoms with van der Waals surface area (Å²) in [6, 6.07) is 0. The molecule has 0 saturated heterocycles. The molecule has 0 saturated carbocycles. The molecule has 0 aliphatic rings. The van der Waals surface area contributed by atoms with Crippen LogP contribution in [0, 0.1) is 5.92 Å². The lowest BCUT2D eigenvalue weighted by Gasteiger charge is -2.13. The summed E-state index contributed by atoms with van der Waals surface area (Å²) < 4.78 is 0. The topological polar surface area (TPSA) is 40.1 Å². The van der Waals surface area contributed by atoms with Gasteiger partial charge in [0.2, 0.25) is 0 Å². The van der Waals surface area contributed by atoms with Crippen LogP contribution in [0.5, 0.6) is 0 Å². The second-order valence-electron chi connectivity index (χ2n) is 1.88. The first-order valence-electron chi connectivity index (χ1n) is 2.92. The predicted molar refractivity (Wildman–Crippen MR) is 37.2 cm³/mol. The molecule has 2 nitrogen and oxygen atoms in total. The van der Waals surface area contributed by atoms with E-state index in [-0.39, 0.29) is 5.92 Å². The summed E-state index contributed by atoms with van der Waals surface area (Å²) in [6.07, 6.45) is 2.56. The van der Waals surface area contributed by atoms with Gasteiger partial charge >= 0.3 is 0 Å². The molecule has 0 aliphatic carbocycles. The van der Waals surface area contributed by atoms with Crippen LogP contribution in [0.2, 0.25) is 0 Å². The largest absolute Gasteiger partial charge is 0.550 e. The number of hydrogen-bond donors (Lipinski definition) is 0. The second kappa shape index (κ2) is 4.68. The van der Waals surface area contributed by atoms with Gasteiger partial charge in [-0.05, 0) is 12.7 Å². The zero-order valence-corrected chi connectivity index (χ0v) is 6.53. The molecule has 0 fully saturated rings. The number of hydrogen-bond acceptors (Lipinski definition) is 3. The molecule has 0 aromatic rings. The number of carboxylic acids is 1. The van der Waals surface area contributed by atoms with Gasteiger partial charge in [0.05, 0.1) is 0 Å². The van der Waals surface area contributed by atoms with E-state index in [0.717, 1.165) is 0 Å². The van der Waals surface area contributed by atoms with Crippen molar-refractivity contribution < 1.29 is 9.90 Å². The Morgan fingerprint density at radius 2 is 2.33 bits per heavy atom. The van der Waals surface area contributed by atoms with Gasteiger partial charge in [-0.25, -0.2) is 0 Å². The van der Waals surface area contributed by atoms with E-state index in [2.05, 4.69) is 0 Å². The first kappa shape index (κ1) is 8.82. The molecule has 0 heterocycles. The average Bonchev–Trinajstić information content (AvgIpc) is 1.82. The Kier molecular flexibility index (Phi) is 4.58. The van der Waals surface area contributed by atoms with E-state index in [4.69, 9.17) is 0 Å². The minimum atomic E-state index is -0.924. The van der Waals surface area contributed by atoms with Gasteiger partial charge in [-0.2, -0.15) is 11.8 Å². The summed E-state index contributed by atoms with van der Waals surface area (Å²) in [5.74, 6) is -0.523. The molecule has 0 N–H and O–H groups in total. The van der Waals surface area contributed by atoms with Crippen LogP contribution in [0.3, 0.4) is 0 Å². The molecule has 54 valence electrons. The molecule has 1 atom stereocenters. The summed E-state index contributed by atoms with van der Waals surface area (Å²) in [5, 5.41) is 10.2. The number of thioether (sulfide) groups is 1. The Balaban J connectivity index is 3.54. The highest BCUT2D eigenvalue weighted by atomic mass is 32.2. The Morgan fingerprint density at radius 1 is 1.78 bits per heavy atom. The van der Waals surface area contributed by atoms with E-state index in [1.165, 1.54) is 0 Å². The number of carbonyl (C=O) groups is 1. The predicted octanol–water partition coefficient (Wildman–Crippen LogP) is 0.125. The quantitative estimate of drug-likeness (QED) is 0.567. The third kappa shape index (κ3) is 3.40. The van der Waals surface area contributed by atoms with Crippen molar-refractivity contribution in [3.8, 4) is 0 Å². The van der Waals surface area contributed by atoms with Crippen molar-refractivity contribution >= 4 is 17.7 Å². The second-order valence-corrected chi connectivity index (χ2v) is 2.79. The van der Waals surface area contributed by atoms with Gasteiger partial charge in [0.25, 0.3) is 0 Å². The summed E-state index contributed by atoms with van der Waals surface area (Å²) >= 11 is 1.54. The minimum Gasteiger partial charge on any atom is -0.550 e. The number of rotatable bonds is 4. The first-order chi connectivity index (χ1) is 4.22. The fourth-order valence-electron chi connectivity index (χ4n) is 0.554. The maximum absolute atomic E-state index is 10.2. The van der Waals surface area contributed by atoms with Gasteiger partial charge in [0, 0.05) is 17.6 Å². The summed E-state index contributed by atoms with van der Waals surface area (Å²) in [6.45, 7) is 1.86. The van der Waals surface area contributed by atoms with Gasteiger partial charge in [-0.1, -0.05) is 6.92 Å². The Morgan fingerprint density at radius 3 is 2.44 bits per heavy atom. The molecule has 0 spiro atoms. The van der Waals surface area contributed by atoms with Crippen molar-refractivity contribution in [2.45, 2.75) is 13.3 Å². The van der Waals surface area contributed by atoms with Crippen LogP contribution in [-0.2, 0) is 4.79 Å². The normalized spacial score (nSPS) is 13.1. The van der Waals surface area contributed by atoms with E-state index in [1.54, 1.807) is 11.8 Å². The van der Waals surface area contributed by atoms with Crippen molar-refractivity contribution in [1.29, 1.82) is 0 Å². The highest BCUT2D eigenvalue weighted by Gasteiger charge is 2.04. The monoisotopic (exact) mass is 147 g/mol. The standard InChI is InChI=1S/C6H12O2S/c1-3-5(4-9-2)6(7)8/h5H,3-4H2,1-2H3,(H,7,8)/p-1. The maximum Gasteiger partial charge on any atom is 0.0453 e. The summed E-state index contributed by atoms with van der Waals surface area (Å²) in [5.41, 5.74) is 0. The van der Waals surface area contributed by atoms with Crippen LogP contribution >= 0.6 is 11.8 Å². The number of carboxylic acid groups (broad SMARTS) is 1.